The summed E-state index contributed by atoms with van der Waals surface area (Å²) in [5.74, 6) is -0.0874. The van der Waals surface area contributed by atoms with E-state index >= 15 is 0 Å². The molecule has 0 radical (unpaired) electrons. The molecule has 1 aromatic carbocycles. The summed E-state index contributed by atoms with van der Waals surface area (Å²) in [5, 5.41) is 12.8. The molecule has 1 amide bonds. The number of allylic oxidation sites excluding steroid dienone is 3. The number of methoxy groups -OCH3 is 1. The third-order valence-corrected chi connectivity index (χ3v) is 8.35. The predicted octanol–water partition coefficient (Wildman–Crippen LogP) is 3.00. The number of aromatic amines is 1. The number of hydrogen-bond acceptors (Lipinski definition) is 5. The van der Waals surface area contributed by atoms with Crippen molar-refractivity contribution in [3.05, 3.63) is 105 Å². The number of likely N-dealkylation sites (tertiary alicyclic amines) is 1. The number of carbonyl (C=O) groups excluding carboxylic acids is 1. The lowest BCUT2D eigenvalue weighted by atomic mass is 9.52. The Morgan fingerprint density at radius 2 is 2.08 bits per heavy atom. The number of amides is 1. The summed E-state index contributed by atoms with van der Waals surface area (Å²) >= 11 is 0. The fraction of sp³-hybridized carbons (Fsp3) is 0.379. The molecule has 5 rings (SSSR count). The number of nitrogens with two attached hydrogens (primary N) is 1. The number of benzene rings is 1. The second-order valence-electron chi connectivity index (χ2n) is 10.2. The van der Waals surface area contributed by atoms with Gasteiger partial charge in [-0.05, 0) is 60.7 Å². The van der Waals surface area contributed by atoms with Crippen LogP contribution in [0, 0.1) is 5.41 Å². The Balaban J connectivity index is 1.66. The molecule has 36 heavy (non-hydrogen) atoms. The molecule has 2 bridgehead atoms. The van der Waals surface area contributed by atoms with E-state index in [1.807, 2.05) is 30.4 Å². The molecule has 0 saturated carbocycles. The zero-order chi connectivity index (χ0) is 25.5. The molecule has 7 heteroatoms. The van der Waals surface area contributed by atoms with Crippen molar-refractivity contribution in [1.29, 1.82) is 0 Å². The van der Waals surface area contributed by atoms with Gasteiger partial charge in [-0.15, -0.1) is 0 Å². The van der Waals surface area contributed by atoms with Crippen LogP contribution in [0.15, 0.2) is 77.3 Å². The van der Waals surface area contributed by atoms with Gasteiger partial charge in [-0.1, -0.05) is 43.0 Å². The standard InChI is InChI=1S/C29H33N3O4/c1-19-14-22(36-2)10-6-7-11-25-29(35)16-21-15-23(26(30)33)27(34)31-24(21)17-28(19,29)12-13-32(25)18-20-8-4-3-5-9-20/h3-6,8-10,14-15,25,35H,1,7,11-13,16-18H2,2H3,(H2,30,33)(H,31,34)/b10-6-,22-14+/t25-,28-,29-/m1/s1. The summed E-state index contributed by atoms with van der Waals surface area (Å²) in [7, 11) is 1.63. The minimum absolute atomic E-state index is 0.0807. The maximum atomic E-state index is 12.8. The molecule has 188 valence electrons. The molecule has 3 atom stereocenters. The molecule has 1 aliphatic heterocycles. The van der Waals surface area contributed by atoms with Gasteiger partial charge in [0.25, 0.3) is 11.5 Å². The molecule has 1 saturated heterocycles. The Labute approximate surface area is 211 Å². The number of rotatable bonds is 4. The van der Waals surface area contributed by atoms with Crippen molar-refractivity contribution in [2.45, 2.75) is 50.3 Å². The van der Waals surface area contributed by atoms with Crippen LogP contribution in [0.1, 0.15) is 46.4 Å². The number of ether oxygens (including phenoxy) is 1. The minimum atomic E-state index is -1.18. The molecule has 1 aromatic heterocycles. The number of H-pyrrole nitrogens is 1. The Morgan fingerprint density at radius 3 is 2.81 bits per heavy atom. The first-order valence-corrected chi connectivity index (χ1v) is 12.4. The zero-order valence-corrected chi connectivity index (χ0v) is 20.6. The maximum Gasteiger partial charge on any atom is 0.261 e. The number of carbonyl (C=O) groups is 1. The fourth-order valence-electron chi connectivity index (χ4n) is 6.48. The van der Waals surface area contributed by atoms with Gasteiger partial charge in [0.15, 0.2) is 0 Å². The Hall–Kier alpha value is -3.42. The van der Waals surface area contributed by atoms with E-state index in [0.717, 1.165) is 42.8 Å². The lowest BCUT2D eigenvalue weighted by molar-refractivity contribution is -0.166. The summed E-state index contributed by atoms with van der Waals surface area (Å²) in [5.41, 5.74) is 6.46. The number of pyridine rings is 1. The van der Waals surface area contributed by atoms with E-state index < -0.39 is 22.5 Å². The number of nitrogens with zero attached hydrogens (tertiary/aromatic N) is 1. The van der Waals surface area contributed by atoms with Crippen LogP contribution in [0.5, 0.6) is 0 Å². The van der Waals surface area contributed by atoms with Gasteiger partial charge in [0.2, 0.25) is 0 Å². The normalized spacial score (nSPS) is 30.3. The number of nitrogens with one attached hydrogen (secondary N) is 1. The molecular formula is C29H33N3O4. The molecule has 3 aliphatic rings. The van der Waals surface area contributed by atoms with E-state index in [9.17, 15) is 14.7 Å². The number of fused-ring (bicyclic) bond motifs is 1. The van der Waals surface area contributed by atoms with Crippen molar-refractivity contribution >= 4 is 5.91 Å². The zero-order valence-electron chi connectivity index (χ0n) is 20.6. The molecule has 7 nitrogen and oxygen atoms in total. The van der Waals surface area contributed by atoms with E-state index in [1.54, 1.807) is 13.2 Å². The average Bonchev–Trinajstić information content (AvgIpc) is 2.85. The van der Waals surface area contributed by atoms with Crippen molar-refractivity contribution in [2.75, 3.05) is 13.7 Å². The summed E-state index contributed by atoms with van der Waals surface area (Å²) in [6.45, 7) is 5.95. The quantitative estimate of drug-likeness (QED) is 0.614. The van der Waals surface area contributed by atoms with Gasteiger partial charge in [0.1, 0.15) is 11.3 Å². The number of hydrogen-bond donors (Lipinski definition) is 3. The largest absolute Gasteiger partial charge is 0.497 e. The van der Waals surface area contributed by atoms with E-state index in [4.69, 9.17) is 10.5 Å². The van der Waals surface area contributed by atoms with Crippen molar-refractivity contribution in [1.82, 2.24) is 9.88 Å². The smallest absolute Gasteiger partial charge is 0.261 e. The third kappa shape index (κ3) is 3.92. The fourth-order valence-corrected chi connectivity index (χ4v) is 6.48. The second-order valence-corrected chi connectivity index (χ2v) is 10.2. The lowest BCUT2D eigenvalue weighted by Crippen LogP contribution is -2.70. The van der Waals surface area contributed by atoms with Crippen molar-refractivity contribution in [2.24, 2.45) is 11.1 Å². The van der Waals surface area contributed by atoms with Gasteiger partial charge in [-0.25, -0.2) is 0 Å². The summed E-state index contributed by atoms with van der Waals surface area (Å²) in [4.78, 5) is 29.8. The third-order valence-electron chi connectivity index (χ3n) is 8.35. The van der Waals surface area contributed by atoms with Crippen molar-refractivity contribution in [3.63, 3.8) is 0 Å². The highest BCUT2D eigenvalue weighted by Gasteiger charge is 2.61. The summed E-state index contributed by atoms with van der Waals surface area (Å²) in [6, 6.07) is 11.7. The Kier molecular flexibility index (Phi) is 6.22. The average molecular weight is 488 g/mol. The van der Waals surface area contributed by atoms with E-state index in [0.29, 0.717) is 18.6 Å². The van der Waals surface area contributed by atoms with Crippen molar-refractivity contribution in [3.8, 4) is 0 Å². The van der Waals surface area contributed by atoms with Crippen LogP contribution < -0.4 is 11.3 Å². The number of primary amides is 1. The van der Waals surface area contributed by atoms with Gasteiger partial charge >= 0.3 is 0 Å². The van der Waals surface area contributed by atoms with Gasteiger partial charge < -0.3 is 20.6 Å². The minimum Gasteiger partial charge on any atom is -0.497 e. The van der Waals surface area contributed by atoms with Crippen LogP contribution in [0.25, 0.3) is 0 Å². The van der Waals surface area contributed by atoms with E-state index in [1.165, 1.54) is 5.56 Å². The molecule has 0 unspecified atom stereocenters. The van der Waals surface area contributed by atoms with Crippen LogP contribution in [-0.4, -0.2) is 46.2 Å². The second kappa shape index (κ2) is 9.22. The SMILES string of the molecule is C=C1/C=C(OC)\C=C/CC[C@H]2N(Cc3ccccc3)CC[C@@]13Cc1[nH]c(=O)c(C(N)=O)cc1C[C@@]23O. The molecular weight excluding hydrogens is 454 g/mol. The highest BCUT2D eigenvalue weighted by atomic mass is 16.5. The molecule has 0 spiro atoms. The molecule has 2 heterocycles. The van der Waals surface area contributed by atoms with Crippen molar-refractivity contribution < 1.29 is 14.6 Å². The van der Waals surface area contributed by atoms with Crippen LogP contribution in [0.4, 0.5) is 0 Å². The highest BCUT2D eigenvalue weighted by molar-refractivity contribution is 5.92. The van der Waals surface area contributed by atoms with Gasteiger partial charge in [0, 0.05) is 36.5 Å². The number of piperidine rings is 1. The van der Waals surface area contributed by atoms with Crippen LogP contribution >= 0.6 is 0 Å². The maximum absolute atomic E-state index is 12.8. The Morgan fingerprint density at radius 1 is 1.31 bits per heavy atom. The monoisotopic (exact) mass is 487 g/mol. The number of aromatic nitrogens is 1. The molecule has 2 aromatic rings. The number of aliphatic hydroxyl groups is 1. The van der Waals surface area contributed by atoms with Crippen LogP contribution in [-0.2, 0) is 24.1 Å². The molecule has 2 aliphatic carbocycles. The van der Waals surface area contributed by atoms with Gasteiger partial charge in [0.05, 0.1) is 12.7 Å². The summed E-state index contributed by atoms with van der Waals surface area (Å²) in [6.07, 6.45) is 8.83. The van der Waals surface area contributed by atoms with Gasteiger partial charge in [-0.2, -0.15) is 0 Å². The first-order valence-electron chi connectivity index (χ1n) is 12.4. The van der Waals surface area contributed by atoms with E-state index in [-0.39, 0.29) is 18.0 Å². The first-order chi connectivity index (χ1) is 17.3. The summed E-state index contributed by atoms with van der Waals surface area (Å²) < 4.78 is 5.58. The first kappa shape index (κ1) is 24.3. The van der Waals surface area contributed by atoms with E-state index in [2.05, 4.69) is 34.7 Å². The van der Waals surface area contributed by atoms with Crippen LogP contribution in [0.2, 0.25) is 0 Å². The molecule has 1 fully saturated rings. The van der Waals surface area contributed by atoms with Crippen LogP contribution in [0.3, 0.4) is 0 Å². The highest BCUT2D eigenvalue weighted by Crippen LogP contribution is 2.56. The topological polar surface area (TPSA) is 109 Å². The lowest BCUT2D eigenvalue weighted by Gasteiger charge is -2.61. The predicted molar refractivity (Wildman–Crippen MR) is 138 cm³/mol. The molecule has 4 N–H and O–H groups in total. The Bertz CT molecular complexity index is 1310. The van der Waals surface area contributed by atoms with Gasteiger partial charge in [-0.3, -0.25) is 14.5 Å².